The van der Waals surface area contributed by atoms with Gasteiger partial charge < -0.3 is 4.74 Å². The number of hydrogen-bond acceptors (Lipinski definition) is 1. The van der Waals surface area contributed by atoms with Gasteiger partial charge in [0.15, 0.2) is 0 Å². The average Bonchev–Trinajstić information content (AvgIpc) is 2.28. The van der Waals surface area contributed by atoms with Gasteiger partial charge >= 0.3 is 0 Å². The van der Waals surface area contributed by atoms with Crippen molar-refractivity contribution in [3.05, 3.63) is 34.1 Å². The number of halogens is 2. The first-order valence-corrected chi connectivity index (χ1v) is 6.55. The number of rotatable bonds is 7. The smallest absolute Gasteiger partial charge is 0.137 e. The van der Waals surface area contributed by atoms with Gasteiger partial charge in [0.2, 0.25) is 0 Å². The zero-order chi connectivity index (χ0) is 11.8. The van der Waals surface area contributed by atoms with Crippen LogP contribution in [0.3, 0.4) is 0 Å². The minimum Gasteiger partial charge on any atom is -0.377 e. The van der Waals surface area contributed by atoms with Crippen LogP contribution in [-0.2, 0) is 11.3 Å². The summed E-state index contributed by atoms with van der Waals surface area (Å²) in [6.07, 6.45) is 4.84. The molecular weight excluding hydrogens is 271 g/mol. The molecule has 90 valence electrons. The van der Waals surface area contributed by atoms with Gasteiger partial charge in [-0.15, -0.1) is 0 Å². The molecule has 0 saturated carbocycles. The van der Waals surface area contributed by atoms with Crippen LogP contribution in [0.25, 0.3) is 0 Å². The number of ether oxygens (including phenoxy) is 1. The lowest BCUT2D eigenvalue weighted by molar-refractivity contribution is 0.116. The first kappa shape index (κ1) is 13.7. The standard InChI is InChI=1S/C13H18BrFO/c1-2-3-4-5-8-16-10-11-6-7-13(15)12(14)9-11/h6-7,9H,2-5,8,10H2,1H3. The first-order valence-electron chi connectivity index (χ1n) is 5.75. The highest BCUT2D eigenvalue weighted by Gasteiger charge is 2.00. The van der Waals surface area contributed by atoms with E-state index in [2.05, 4.69) is 22.9 Å². The van der Waals surface area contributed by atoms with Gasteiger partial charge in [0, 0.05) is 6.61 Å². The second-order valence-electron chi connectivity index (χ2n) is 3.86. The predicted octanol–water partition coefficient (Wildman–Crippen LogP) is 4.69. The van der Waals surface area contributed by atoms with Gasteiger partial charge in [-0.05, 0) is 40.0 Å². The Bertz CT molecular complexity index is 315. The minimum atomic E-state index is -0.230. The van der Waals surface area contributed by atoms with Gasteiger partial charge in [0.05, 0.1) is 11.1 Å². The predicted molar refractivity (Wildman–Crippen MR) is 67.9 cm³/mol. The average molecular weight is 289 g/mol. The van der Waals surface area contributed by atoms with E-state index in [1.807, 2.05) is 0 Å². The molecule has 0 spiro atoms. The van der Waals surface area contributed by atoms with Crippen LogP contribution in [0.5, 0.6) is 0 Å². The molecule has 16 heavy (non-hydrogen) atoms. The van der Waals surface area contributed by atoms with E-state index in [1.165, 1.54) is 25.3 Å². The van der Waals surface area contributed by atoms with E-state index in [4.69, 9.17) is 4.74 Å². The van der Waals surface area contributed by atoms with Crippen LogP contribution in [0.2, 0.25) is 0 Å². The monoisotopic (exact) mass is 288 g/mol. The summed E-state index contributed by atoms with van der Waals surface area (Å²) in [4.78, 5) is 0. The quantitative estimate of drug-likeness (QED) is 0.662. The van der Waals surface area contributed by atoms with Crippen molar-refractivity contribution in [1.29, 1.82) is 0 Å². The third-order valence-electron chi connectivity index (χ3n) is 2.39. The van der Waals surface area contributed by atoms with Gasteiger partial charge in [0.25, 0.3) is 0 Å². The summed E-state index contributed by atoms with van der Waals surface area (Å²) in [5, 5.41) is 0. The molecule has 3 heteroatoms. The molecule has 0 bridgehead atoms. The Morgan fingerprint density at radius 1 is 1.25 bits per heavy atom. The molecule has 0 aliphatic carbocycles. The highest BCUT2D eigenvalue weighted by molar-refractivity contribution is 9.10. The molecule has 1 rings (SSSR count). The van der Waals surface area contributed by atoms with Crippen molar-refractivity contribution >= 4 is 15.9 Å². The Morgan fingerprint density at radius 3 is 2.75 bits per heavy atom. The second kappa shape index (κ2) is 7.80. The molecule has 1 aromatic carbocycles. The van der Waals surface area contributed by atoms with Crippen molar-refractivity contribution in [2.45, 2.75) is 39.2 Å². The zero-order valence-corrected chi connectivity index (χ0v) is 11.2. The van der Waals surface area contributed by atoms with Crippen molar-refractivity contribution in [3.63, 3.8) is 0 Å². The van der Waals surface area contributed by atoms with Gasteiger partial charge in [-0.3, -0.25) is 0 Å². The van der Waals surface area contributed by atoms with Crippen LogP contribution < -0.4 is 0 Å². The lowest BCUT2D eigenvalue weighted by Gasteiger charge is -2.05. The molecule has 0 saturated heterocycles. The summed E-state index contributed by atoms with van der Waals surface area (Å²) in [6, 6.07) is 4.98. The van der Waals surface area contributed by atoms with Gasteiger partial charge in [-0.2, -0.15) is 0 Å². The fourth-order valence-electron chi connectivity index (χ4n) is 1.45. The van der Waals surface area contributed by atoms with Crippen LogP contribution in [0, 0.1) is 5.82 Å². The Hall–Kier alpha value is -0.410. The van der Waals surface area contributed by atoms with Crippen LogP contribution in [0.1, 0.15) is 38.2 Å². The van der Waals surface area contributed by atoms with Gasteiger partial charge in [0.1, 0.15) is 5.82 Å². The van der Waals surface area contributed by atoms with Crippen LogP contribution in [0.4, 0.5) is 4.39 Å². The molecule has 0 heterocycles. The van der Waals surface area contributed by atoms with E-state index in [9.17, 15) is 4.39 Å². The molecule has 1 nitrogen and oxygen atoms in total. The molecule has 0 aliphatic rings. The van der Waals surface area contributed by atoms with Crippen LogP contribution >= 0.6 is 15.9 Å². The van der Waals surface area contributed by atoms with Gasteiger partial charge in [-0.25, -0.2) is 4.39 Å². The zero-order valence-electron chi connectivity index (χ0n) is 9.64. The molecule has 0 fully saturated rings. The number of hydrogen-bond donors (Lipinski definition) is 0. The summed E-state index contributed by atoms with van der Waals surface area (Å²) in [6.45, 7) is 3.54. The lowest BCUT2D eigenvalue weighted by atomic mass is 10.2. The number of unbranched alkanes of at least 4 members (excludes halogenated alkanes) is 3. The van der Waals surface area contributed by atoms with Crippen molar-refractivity contribution in [3.8, 4) is 0 Å². The maximum Gasteiger partial charge on any atom is 0.137 e. The maximum atomic E-state index is 12.9. The summed E-state index contributed by atoms with van der Waals surface area (Å²) < 4.78 is 19.0. The molecule has 0 N–H and O–H groups in total. The summed E-state index contributed by atoms with van der Waals surface area (Å²) in [5.41, 5.74) is 1.00. The number of benzene rings is 1. The van der Waals surface area contributed by atoms with E-state index in [0.29, 0.717) is 11.1 Å². The largest absolute Gasteiger partial charge is 0.377 e. The van der Waals surface area contributed by atoms with Crippen molar-refractivity contribution in [2.24, 2.45) is 0 Å². The Balaban J connectivity index is 2.19. The lowest BCUT2D eigenvalue weighted by Crippen LogP contribution is -1.96. The minimum absolute atomic E-state index is 0.230. The SMILES string of the molecule is CCCCCCOCc1ccc(F)c(Br)c1. The topological polar surface area (TPSA) is 9.23 Å². The van der Waals surface area contributed by atoms with Crippen molar-refractivity contribution < 1.29 is 9.13 Å². The van der Waals surface area contributed by atoms with Crippen LogP contribution in [0.15, 0.2) is 22.7 Å². The Morgan fingerprint density at radius 2 is 2.06 bits per heavy atom. The normalized spacial score (nSPS) is 10.7. The van der Waals surface area contributed by atoms with E-state index in [-0.39, 0.29) is 5.82 Å². The Kier molecular flexibility index (Phi) is 6.65. The first-order chi connectivity index (χ1) is 7.74. The fourth-order valence-corrected chi connectivity index (χ4v) is 1.88. The van der Waals surface area contributed by atoms with E-state index in [1.54, 1.807) is 12.1 Å². The third kappa shape index (κ3) is 5.08. The highest BCUT2D eigenvalue weighted by Crippen LogP contribution is 2.17. The van der Waals surface area contributed by atoms with E-state index >= 15 is 0 Å². The van der Waals surface area contributed by atoms with Gasteiger partial charge in [-0.1, -0.05) is 32.3 Å². The molecule has 0 aromatic heterocycles. The highest BCUT2D eigenvalue weighted by atomic mass is 79.9. The molecule has 0 atom stereocenters. The Labute approximate surface area is 105 Å². The molecule has 0 unspecified atom stereocenters. The van der Waals surface area contributed by atoms with Crippen LogP contribution in [-0.4, -0.2) is 6.61 Å². The second-order valence-corrected chi connectivity index (χ2v) is 4.72. The van der Waals surface area contributed by atoms with E-state index < -0.39 is 0 Å². The summed E-state index contributed by atoms with van der Waals surface area (Å²) in [5.74, 6) is -0.230. The van der Waals surface area contributed by atoms with Crippen molar-refractivity contribution in [2.75, 3.05) is 6.61 Å². The fraction of sp³-hybridized carbons (Fsp3) is 0.538. The maximum absolute atomic E-state index is 12.9. The molecular formula is C13H18BrFO. The molecule has 1 aromatic rings. The van der Waals surface area contributed by atoms with E-state index in [0.717, 1.165) is 18.6 Å². The van der Waals surface area contributed by atoms with Crippen molar-refractivity contribution in [1.82, 2.24) is 0 Å². The molecule has 0 radical (unpaired) electrons. The third-order valence-corrected chi connectivity index (χ3v) is 3.00. The molecule has 0 amide bonds. The summed E-state index contributed by atoms with van der Waals surface area (Å²) in [7, 11) is 0. The summed E-state index contributed by atoms with van der Waals surface area (Å²) >= 11 is 3.16. The molecule has 0 aliphatic heterocycles.